The van der Waals surface area contributed by atoms with Crippen molar-refractivity contribution in [2.45, 2.75) is 37.8 Å². The van der Waals surface area contributed by atoms with Crippen LogP contribution >= 0.6 is 0 Å². The second-order valence-electron chi connectivity index (χ2n) is 7.32. The first-order valence-electron chi connectivity index (χ1n) is 10.2. The topological polar surface area (TPSA) is 146 Å². The molecule has 1 aliphatic rings. The van der Waals surface area contributed by atoms with Crippen LogP contribution in [0.4, 0.5) is 5.82 Å². The van der Waals surface area contributed by atoms with Crippen molar-refractivity contribution in [2.75, 3.05) is 20.7 Å². The van der Waals surface area contributed by atoms with Crippen molar-refractivity contribution in [2.24, 2.45) is 10.9 Å². The predicted molar refractivity (Wildman–Crippen MR) is 105 cm³/mol. The largest absolute Gasteiger partial charge is 0.463 e. The summed E-state index contributed by atoms with van der Waals surface area (Å²) in [5, 5.41) is 35.4. The summed E-state index contributed by atoms with van der Waals surface area (Å²) in [5.74, 6) is -1.22. The van der Waals surface area contributed by atoms with E-state index in [1.54, 1.807) is 25.1 Å². The molecule has 3 heterocycles. The number of carbonyl (C=O) groups excluding carboxylic acids is 1. The van der Waals surface area contributed by atoms with Gasteiger partial charge in [0.15, 0.2) is 5.82 Å². The molecule has 3 rings (SSSR count). The van der Waals surface area contributed by atoms with E-state index in [0.717, 1.165) is 0 Å². The molecule has 160 valence electrons. The smallest absolute Gasteiger partial charge is 0.308 e. The highest BCUT2D eigenvalue weighted by molar-refractivity contribution is 5.72. The van der Waals surface area contributed by atoms with E-state index in [0.29, 0.717) is 5.52 Å². The summed E-state index contributed by atoms with van der Waals surface area (Å²) in [6.45, 7) is 0.215. The van der Waals surface area contributed by atoms with Gasteiger partial charge in [-0.05, 0) is 12.1 Å². The van der Waals surface area contributed by atoms with Gasteiger partial charge >= 0.3 is 5.97 Å². The van der Waals surface area contributed by atoms with Crippen molar-refractivity contribution in [1.29, 1.82) is 5.26 Å². The van der Waals surface area contributed by atoms with Gasteiger partial charge in [0.05, 0.1) is 20.7 Å². The maximum Gasteiger partial charge on any atom is 0.308 e. The number of ether oxygens (including phenoxy) is 2. The Kier molecular flexibility index (Phi) is 5.27. The molecule has 11 nitrogen and oxygen atoms in total. The maximum atomic E-state index is 11.9. The predicted octanol–water partition coefficient (Wildman–Crippen LogP) is -0.0106. The lowest BCUT2D eigenvalue weighted by atomic mass is 9.92. The monoisotopic (exact) mass is 418 g/mol. The van der Waals surface area contributed by atoms with Crippen molar-refractivity contribution in [1.82, 2.24) is 19.5 Å². The summed E-state index contributed by atoms with van der Waals surface area (Å²) >= 11 is 0. The second kappa shape index (κ2) is 8.35. The molecule has 2 N–H and O–H groups in total. The second-order valence-corrected chi connectivity index (χ2v) is 7.32. The molecule has 30 heavy (non-hydrogen) atoms. The van der Waals surface area contributed by atoms with Crippen molar-refractivity contribution in [3.8, 4) is 6.07 Å². The number of hydrogen-bond donors (Lipinski definition) is 2. The van der Waals surface area contributed by atoms with Crippen LogP contribution in [-0.2, 0) is 19.9 Å². The van der Waals surface area contributed by atoms with E-state index in [4.69, 9.17) is 12.2 Å². The van der Waals surface area contributed by atoms with Gasteiger partial charge in [0, 0.05) is 14.1 Å². The molecule has 1 aliphatic heterocycles. The number of fused-ring (bicyclic) bond motifs is 1. The summed E-state index contributed by atoms with van der Waals surface area (Å²) in [4.78, 5) is 21.9. The number of aliphatic imine (C=N–C) groups is 1. The Labute approximate surface area is 176 Å². The lowest BCUT2D eigenvalue weighted by Crippen LogP contribution is -2.41. The van der Waals surface area contributed by atoms with E-state index in [9.17, 15) is 20.3 Å². The third-order valence-electron chi connectivity index (χ3n) is 4.50. The standard InChI is InChI=1S/C19H24N6O5/c1-11(2)18(28)29-7-13-15(26)16(27)19(8-20,30-13)14-6-5-12-17(22-10-24(3)4)21-9-23-25(12)14/h5-6,9-11,13,15-16,26-27H,7H2,1-4H3/t13-,15-,16-,19+/m1/s1/i7D2. The molecule has 0 aromatic carbocycles. The zero-order chi connectivity index (χ0) is 23.8. The minimum absolute atomic E-state index is 0.0266. The first-order chi connectivity index (χ1) is 14.9. The van der Waals surface area contributed by atoms with Gasteiger partial charge < -0.3 is 24.6 Å². The number of aliphatic hydroxyl groups is 2. The molecule has 1 saturated heterocycles. The van der Waals surface area contributed by atoms with Crippen LogP contribution in [0.25, 0.3) is 5.52 Å². The van der Waals surface area contributed by atoms with Gasteiger partial charge in [0.25, 0.3) is 0 Å². The van der Waals surface area contributed by atoms with E-state index in [-0.39, 0.29) is 11.5 Å². The Morgan fingerprint density at radius 3 is 2.93 bits per heavy atom. The Morgan fingerprint density at radius 1 is 1.57 bits per heavy atom. The number of hydrogen-bond acceptors (Lipinski definition) is 9. The summed E-state index contributed by atoms with van der Waals surface area (Å²) in [6, 6.07) is 4.83. The highest BCUT2D eigenvalue weighted by atomic mass is 16.6. The van der Waals surface area contributed by atoms with Gasteiger partial charge in [-0.2, -0.15) is 10.4 Å². The maximum absolute atomic E-state index is 11.9. The summed E-state index contributed by atoms with van der Waals surface area (Å²) in [6.07, 6.45) is -2.86. The molecule has 1 fully saturated rings. The fraction of sp³-hybridized carbons (Fsp3) is 0.526. The van der Waals surface area contributed by atoms with Gasteiger partial charge in [-0.25, -0.2) is 14.5 Å². The Balaban J connectivity index is 2.05. The van der Waals surface area contributed by atoms with Gasteiger partial charge in [0.2, 0.25) is 5.60 Å². The van der Waals surface area contributed by atoms with E-state index in [1.165, 1.54) is 37.1 Å². The Bertz CT molecular complexity index is 1080. The average molecular weight is 418 g/mol. The quantitative estimate of drug-likeness (QED) is 0.376. The highest BCUT2D eigenvalue weighted by Gasteiger charge is 2.57. The van der Waals surface area contributed by atoms with Crippen LogP contribution in [0.5, 0.6) is 0 Å². The van der Waals surface area contributed by atoms with Gasteiger partial charge in [-0.15, -0.1) is 0 Å². The van der Waals surface area contributed by atoms with Crippen LogP contribution in [0.1, 0.15) is 22.3 Å². The molecule has 4 atom stereocenters. The third-order valence-corrected chi connectivity index (χ3v) is 4.50. The third kappa shape index (κ3) is 3.72. The number of esters is 1. The molecule has 2 aromatic rings. The Hall–Kier alpha value is -3.07. The average Bonchev–Trinajstić information content (AvgIpc) is 3.27. The molecule has 0 amide bonds. The molecule has 0 saturated carbocycles. The minimum atomic E-state index is -2.82. The summed E-state index contributed by atoms with van der Waals surface area (Å²) in [5.41, 5.74) is -1.79. The summed E-state index contributed by atoms with van der Waals surface area (Å²) < 4.78 is 27.9. The van der Waals surface area contributed by atoms with Gasteiger partial charge in [-0.3, -0.25) is 4.79 Å². The van der Waals surface area contributed by atoms with E-state index in [2.05, 4.69) is 15.1 Å². The lowest BCUT2D eigenvalue weighted by Gasteiger charge is -2.24. The molecule has 2 aromatic heterocycles. The first kappa shape index (κ1) is 18.9. The number of rotatable bonds is 6. The molecule has 0 aliphatic carbocycles. The lowest BCUT2D eigenvalue weighted by molar-refractivity contribution is -0.154. The zero-order valence-corrected chi connectivity index (χ0v) is 16.9. The SMILES string of the molecule is [2H]C([2H])(OC(=O)C(C)C)[C@H]1O[C@@](C#N)(c2ccc3c(N=CN(C)C)ncnn23)[C@H](O)[C@@H]1O. The van der Waals surface area contributed by atoms with E-state index >= 15 is 0 Å². The molecule has 0 bridgehead atoms. The van der Waals surface area contributed by atoms with Crippen molar-refractivity contribution >= 4 is 23.6 Å². The van der Waals surface area contributed by atoms with Gasteiger partial charge in [-0.1, -0.05) is 13.8 Å². The van der Waals surface area contributed by atoms with E-state index in [1.807, 2.05) is 6.07 Å². The van der Waals surface area contributed by atoms with Crippen LogP contribution in [0.15, 0.2) is 23.5 Å². The summed E-state index contributed by atoms with van der Waals surface area (Å²) in [7, 11) is 3.56. The normalized spacial score (nSPS) is 27.9. The fourth-order valence-corrected chi connectivity index (χ4v) is 2.91. The Morgan fingerprint density at radius 2 is 2.30 bits per heavy atom. The highest BCUT2D eigenvalue weighted by Crippen LogP contribution is 2.40. The first-order valence-corrected chi connectivity index (χ1v) is 9.16. The number of carbonyl (C=O) groups is 1. The van der Waals surface area contributed by atoms with Crippen LogP contribution < -0.4 is 0 Å². The molecule has 0 unspecified atom stereocenters. The fourth-order valence-electron chi connectivity index (χ4n) is 2.91. The number of nitriles is 1. The van der Waals surface area contributed by atoms with Gasteiger partial charge in [0.1, 0.15) is 42.8 Å². The van der Waals surface area contributed by atoms with Crippen molar-refractivity contribution < 1.29 is 27.2 Å². The number of nitrogens with zero attached hydrogens (tertiary/aromatic N) is 6. The zero-order valence-electron chi connectivity index (χ0n) is 18.9. The van der Waals surface area contributed by atoms with Crippen molar-refractivity contribution in [3.05, 3.63) is 24.2 Å². The molecule has 11 heteroatoms. The van der Waals surface area contributed by atoms with Crippen molar-refractivity contribution in [3.63, 3.8) is 0 Å². The minimum Gasteiger partial charge on any atom is -0.463 e. The van der Waals surface area contributed by atoms with Crippen LogP contribution in [0.3, 0.4) is 0 Å². The van der Waals surface area contributed by atoms with Crippen LogP contribution in [-0.4, -0.2) is 81.0 Å². The molecular weight excluding hydrogens is 392 g/mol. The molecule has 0 radical (unpaired) electrons. The molecule has 0 spiro atoms. The number of aliphatic hydroxyl groups excluding tert-OH is 2. The van der Waals surface area contributed by atoms with E-state index < -0.39 is 42.4 Å². The van der Waals surface area contributed by atoms with Crippen LogP contribution in [0, 0.1) is 17.2 Å². The number of aromatic nitrogens is 3. The molecular formula is C19H24N6O5. The van der Waals surface area contributed by atoms with Crippen LogP contribution in [0.2, 0.25) is 0 Å².